The van der Waals surface area contributed by atoms with E-state index in [1.54, 1.807) is 0 Å². The first-order valence-electron chi connectivity index (χ1n) is 12.8. The molecular formula is C23H26N6O15S5. The molecule has 3 aromatic rings. The summed E-state index contributed by atoms with van der Waals surface area (Å²) in [5, 5.41) is 15.5. The fourth-order valence-electron chi connectivity index (χ4n) is 3.77. The fraction of sp³-hybridized carbons (Fsp3) is 0.217. The standard InChI is InChI=1S/C23H26N6O15S5/c1-14-19(24)21(28-26-15-2-6-17(7-3-15)45(30,31)12-10-43-48(37,38)39)20(25)22(23(14)47(34,35)36)29-27-16-4-8-18(9-5-16)46(32,33)13-11-44-49(40,41)42/h2-9H,10-13,24-25H2,1H3,(H,34,35,36)(H,37,38,39)(H,40,41,42). The number of nitrogens with two attached hydrogens (primary N) is 2. The van der Waals surface area contributed by atoms with Crippen LogP contribution in [0.25, 0.3) is 0 Å². The third-order valence-corrected chi connectivity index (χ3v) is 11.4. The number of rotatable bonds is 15. The normalized spacial score (nSPS) is 13.4. The average Bonchev–Trinajstić information content (AvgIpc) is 2.96. The molecule has 268 valence electrons. The summed E-state index contributed by atoms with van der Waals surface area (Å²) < 4.78 is 152. The molecule has 0 unspecified atom stereocenters. The molecular weight excluding hydrogens is 761 g/mol. The van der Waals surface area contributed by atoms with E-state index in [0.717, 1.165) is 36.4 Å². The lowest BCUT2D eigenvalue weighted by Crippen LogP contribution is -2.15. The van der Waals surface area contributed by atoms with Crippen molar-refractivity contribution in [2.45, 2.75) is 21.6 Å². The Morgan fingerprint density at radius 1 is 0.571 bits per heavy atom. The second-order valence-corrected chi connectivity index (χ2v) is 17.2. The molecule has 0 radical (unpaired) electrons. The van der Waals surface area contributed by atoms with Crippen molar-refractivity contribution in [3.8, 4) is 0 Å². The highest BCUT2D eigenvalue weighted by Gasteiger charge is 2.27. The Labute approximate surface area is 280 Å². The molecule has 7 N–H and O–H groups in total. The largest absolute Gasteiger partial charge is 0.397 e. The molecule has 0 fully saturated rings. The lowest BCUT2D eigenvalue weighted by molar-refractivity contribution is 0.282. The van der Waals surface area contributed by atoms with Crippen LogP contribution in [0.5, 0.6) is 0 Å². The van der Waals surface area contributed by atoms with Gasteiger partial charge in [0.1, 0.15) is 16.3 Å². The third kappa shape index (κ3) is 11.0. The van der Waals surface area contributed by atoms with Crippen molar-refractivity contribution in [3.63, 3.8) is 0 Å². The van der Waals surface area contributed by atoms with Crippen molar-refractivity contribution < 1.29 is 64.1 Å². The van der Waals surface area contributed by atoms with E-state index in [1.165, 1.54) is 19.1 Å². The molecule has 26 heteroatoms. The van der Waals surface area contributed by atoms with Crippen LogP contribution in [0.3, 0.4) is 0 Å². The molecule has 0 saturated carbocycles. The molecule has 0 aliphatic rings. The van der Waals surface area contributed by atoms with Crippen molar-refractivity contribution in [2.24, 2.45) is 20.5 Å². The summed E-state index contributed by atoms with van der Waals surface area (Å²) in [5.74, 6) is -1.59. The van der Waals surface area contributed by atoms with Gasteiger partial charge >= 0.3 is 20.8 Å². The minimum Gasteiger partial charge on any atom is -0.397 e. The Balaban J connectivity index is 1.93. The van der Waals surface area contributed by atoms with Gasteiger partial charge < -0.3 is 11.5 Å². The summed E-state index contributed by atoms with van der Waals surface area (Å²) in [6.07, 6.45) is 0. The van der Waals surface area contributed by atoms with Gasteiger partial charge in [0.25, 0.3) is 10.1 Å². The van der Waals surface area contributed by atoms with Crippen LogP contribution in [0, 0.1) is 6.92 Å². The predicted octanol–water partition coefficient (Wildman–Crippen LogP) is 2.42. The topological polar surface area (TPSA) is 351 Å². The third-order valence-electron chi connectivity index (χ3n) is 6.07. The van der Waals surface area contributed by atoms with Crippen LogP contribution in [-0.2, 0) is 59.0 Å². The van der Waals surface area contributed by atoms with Gasteiger partial charge in [0.05, 0.1) is 57.3 Å². The summed E-state index contributed by atoms with van der Waals surface area (Å²) in [4.78, 5) is -1.36. The maximum absolute atomic E-state index is 12.4. The maximum atomic E-state index is 12.4. The Kier molecular flexibility index (Phi) is 12.0. The lowest BCUT2D eigenvalue weighted by atomic mass is 10.1. The van der Waals surface area contributed by atoms with E-state index < -0.39 is 91.6 Å². The van der Waals surface area contributed by atoms with E-state index in [4.69, 9.17) is 20.6 Å². The number of benzene rings is 3. The molecule has 0 atom stereocenters. The molecule has 3 aromatic carbocycles. The zero-order chi connectivity index (χ0) is 37.0. The summed E-state index contributed by atoms with van der Waals surface area (Å²) in [5.41, 5.74) is 10.2. The van der Waals surface area contributed by atoms with Gasteiger partial charge in [-0.25, -0.2) is 25.2 Å². The summed E-state index contributed by atoms with van der Waals surface area (Å²) >= 11 is 0. The molecule has 0 saturated heterocycles. The number of anilines is 2. The van der Waals surface area contributed by atoms with Gasteiger partial charge in [-0.2, -0.15) is 35.5 Å². The number of sulfone groups is 2. The van der Waals surface area contributed by atoms with E-state index in [-0.39, 0.29) is 38.1 Å². The predicted molar refractivity (Wildman–Crippen MR) is 170 cm³/mol. The molecule has 49 heavy (non-hydrogen) atoms. The van der Waals surface area contributed by atoms with E-state index in [9.17, 15) is 46.6 Å². The number of hydrogen-bond acceptors (Lipinski definition) is 18. The zero-order valence-electron chi connectivity index (χ0n) is 24.7. The number of nitrogens with zero attached hydrogens (tertiary/aromatic N) is 4. The molecule has 0 aromatic heterocycles. The van der Waals surface area contributed by atoms with Crippen LogP contribution in [0.2, 0.25) is 0 Å². The highest BCUT2D eigenvalue weighted by molar-refractivity contribution is 7.91. The van der Waals surface area contributed by atoms with Crippen molar-refractivity contribution in [3.05, 3.63) is 54.1 Å². The first-order valence-corrected chi connectivity index (χ1v) is 20.3. The van der Waals surface area contributed by atoms with Gasteiger partial charge in [0.2, 0.25) is 0 Å². The highest BCUT2D eigenvalue weighted by Crippen LogP contribution is 2.46. The SMILES string of the molecule is Cc1c(N)c(N=Nc2ccc(S(=O)(=O)CCOS(=O)(=O)O)cc2)c(N)c(N=Nc2ccc(S(=O)(=O)CCOS(=O)(=O)O)cc2)c1S(=O)(=O)O. The average molecular weight is 787 g/mol. The van der Waals surface area contributed by atoms with Gasteiger partial charge in [-0.1, -0.05) is 0 Å². The van der Waals surface area contributed by atoms with Crippen molar-refractivity contribution >= 4 is 84.7 Å². The molecule has 3 rings (SSSR count). The van der Waals surface area contributed by atoms with Gasteiger partial charge in [-0.05, 0) is 61.0 Å². The van der Waals surface area contributed by atoms with Gasteiger partial charge in [0, 0.05) is 0 Å². The second-order valence-electron chi connectivity index (χ2n) is 9.48. The number of hydrogen-bond donors (Lipinski definition) is 5. The Morgan fingerprint density at radius 2 is 0.939 bits per heavy atom. The quantitative estimate of drug-likeness (QED) is 0.0838. The van der Waals surface area contributed by atoms with Crippen LogP contribution in [-0.4, -0.2) is 80.5 Å². The first kappa shape index (κ1) is 39.4. The van der Waals surface area contributed by atoms with Crippen LogP contribution in [0.4, 0.5) is 34.1 Å². The summed E-state index contributed by atoms with van der Waals surface area (Å²) in [7, 11) is -22.8. The molecule has 0 aliphatic carbocycles. The summed E-state index contributed by atoms with van der Waals surface area (Å²) in [6, 6.07) is 9.08. The van der Waals surface area contributed by atoms with Gasteiger partial charge in [0.15, 0.2) is 19.7 Å². The zero-order valence-corrected chi connectivity index (χ0v) is 28.8. The molecule has 0 amide bonds. The van der Waals surface area contributed by atoms with Crippen LogP contribution in [0.1, 0.15) is 5.56 Å². The number of nitrogen functional groups attached to an aromatic ring is 2. The van der Waals surface area contributed by atoms with Gasteiger partial charge in [-0.3, -0.25) is 13.7 Å². The van der Waals surface area contributed by atoms with Crippen LogP contribution in [0.15, 0.2) is 83.7 Å². The molecule has 0 aliphatic heterocycles. The molecule has 21 nitrogen and oxygen atoms in total. The van der Waals surface area contributed by atoms with Crippen LogP contribution >= 0.6 is 0 Å². The molecule has 0 bridgehead atoms. The highest BCUT2D eigenvalue weighted by atomic mass is 32.3. The number of azo groups is 2. The monoisotopic (exact) mass is 786 g/mol. The lowest BCUT2D eigenvalue weighted by Gasteiger charge is -2.14. The first-order chi connectivity index (χ1) is 22.4. The molecule has 0 heterocycles. The summed E-state index contributed by atoms with van der Waals surface area (Å²) in [6.45, 7) is -0.501. The minimum absolute atomic E-state index is 0.0360. The second kappa shape index (κ2) is 14.9. The Morgan fingerprint density at radius 3 is 1.29 bits per heavy atom. The van der Waals surface area contributed by atoms with E-state index in [2.05, 4.69) is 28.8 Å². The van der Waals surface area contributed by atoms with E-state index in [1.807, 2.05) is 0 Å². The fourth-order valence-corrected chi connectivity index (χ4v) is 7.64. The van der Waals surface area contributed by atoms with Gasteiger partial charge in [-0.15, -0.1) is 10.2 Å². The Bertz CT molecular complexity index is 2350. The van der Waals surface area contributed by atoms with Crippen molar-refractivity contribution in [2.75, 3.05) is 36.2 Å². The minimum atomic E-state index is -5.03. The smallest absolute Gasteiger partial charge is 0.397 e. The Hall–Kier alpha value is -3.99. The maximum Gasteiger partial charge on any atom is 0.397 e. The van der Waals surface area contributed by atoms with E-state index >= 15 is 0 Å². The van der Waals surface area contributed by atoms with Crippen molar-refractivity contribution in [1.82, 2.24) is 0 Å². The van der Waals surface area contributed by atoms with E-state index in [0.29, 0.717) is 0 Å². The van der Waals surface area contributed by atoms with Crippen molar-refractivity contribution in [1.29, 1.82) is 0 Å². The molecule has 0 spiro atoms. The van der Waals surface area contributed by atoms with Crippen LogP contribution < -0.4 is 11.5 Å².